The van der Waals surface area contributed by atoms with Crippen molar-refractivity contribution in [3.05, 3.63) is 52.6 Å². The lowest BCUT2D eigenvalue weighted by Crippen LogP contribution is -2.15. The number of amides is 1. The Morgan fingerprint density at radius 2 is 2.10 bits per heavy atom. The molecule has 3 heterocycles. The number of aromatic nitrogens is 5. The van der Waals surface area contributed by atoms with Crippen LogP contribution in [0.25, 0.3) is 10.2 Å². The number of nitrogens with zero attached hydrogens (tertiary/aromatic N) is 5. The molecular formula is C18H15ClF2N6O2S. The summed E-state index contributed by atoms with van der Waals surface area (Å²) in [6.45, 7) is 1.06. The summed E-state index contributed by atoms with van der Waals surface area (Å²) in [5.74, 6) is -0.412. The van der Waals surface area contributed by atoms with Gasteiger partial charge in [-0.05, 0) is 38.1 Å². The summed E-state index contributed by atoms with van der Waals surface area (Å²) in [6, 6.07) is 5.97. The van der Waals surface area contributed by atoms with Crippen LogP contribution in [0.5, 0.6) is 5.75 Å². The maximum Gasteiger partial charge on any atom is 0.387 e. The Hall–Kier alpha value is -3.05. The number of alkyl halides is 2. The second kappa shape index (κ2) is 8.00. The Bertz CT molecular complexity index is 1230. The van der Waals surface area contributed by atoms with Crippen LogP contribution in [0.4, 0.5) is 13.9 Å². The molecule has 0 fully saturated rings. The van der Waals surface area contributed by atoms with E-state index >= 15 is 0 Å². The van der Waals surface area contributed by atoms with Crippen molar-refractivity contribution in [2.45, 2.75) is 27.1 Å². The van der Waals surface area contributed by atoms with Crippen molar-refractivity contribution in [2.75, 3.05) is 5.32 Å². The van der Waals surface area contributed by atoms with Crippen LogP contribution < -0.4 is 10.1 Å². The molecule has 0 spiro atoms. The molecule has 156 valence electrons. The molecule has 1 aromatic carbocycles. The number of hydrogen-bond acceptors (Lipinski definition) is 6. The van der Waals surface area contributed by atoms with Gasteiger partial charge in [0.25, 0.3) is 5.91 Å². The summed E-state index contributed by atoms with van der Waals surface area (Å²) in [6.07, 6.45) is 1.66. The first-order valence-corrected chi connectivity index (χ1v) is 9.89. The van der Waals surface area contributed by atoms with Gasteiger partial charge in [0.05, 0.1) is 26.6 Å². The topological polar surface area (TPSA) is 86.9 Å². The minimum Gasteiger partial charge on any atom is -0.435 e. The first-order chi connectivity index (χ1) is 14.3. The maximum absolute atomic E-state index is 12.5. The van der Waals surface area contributed by atoms with Crippen molar-refractivity contribution in [2.24, 2.45) is 0 Å². The predicted molar refractivity (Wildman–Crippen MR) is 109 cm³/mol. The van der Waals surface area contributed by atoms with E-state index in [1.807, 2.05) is 13.8 Å². The van der Waals surface area contributed by atoms with Gasteiger partial charge < -0.3 is 4.74 Å². The summed E-state index contributed by atoms with van der Waals surface area (Å²) in [4.78, 5) is 16.8. The molecule has 1 N–H and O–H groups in total. The number of carbonyl (C=O) groups is 1. The fourth-order valence-corrected chi connectivity index (χ4v) is 3.83. The second-order valence-electron chi connectivity index (χ2n) is 6.35. The normalized spacial score (nSPS) is 11.4. The third-order valence-electron chi connectivity index (χ3n) is 4.25. The van der Waals surface area contributed by atoms with E-state index in [1.165, 1.54) is 12.1 Å². The van der Waals surface area contributed by atoms with Gasteiger partial charge in [0.1, 0.15) is 12.4 Å². The van der Waals surface area contributed by atoms with Crippen LogP contribution in [-0.2, 0) is 6.67 Å². The van der Waals surface area contributed by atoms with Crippen LogP contribution in [0.15, 0.2) is 30.5 Å². The quantitative estimate of drug-likeness (QED) is 0.471. The van der Waals surface area contributed by atoms with Crippen LogP contribution in [-0.4, -0.2) is 37.1 Å². The average Bonchev–Trinajstić information content (AvgIpc) is 3.36. The number of nitrogens with one attached hydrogen (secondary N) is 1. The highest BCUT2D eigenvalue weighted by molar-refractivity contribution is 7.22. The number of thiazole rings is 1. The van der Waals surface area contributed by atoms with E-state index in [1.54, 1.807) is 27.7 Å². The number of aryl methyl sites for hydroxylation is 1. The van der Waals surface area contributed by atoms with E-state index in [-0.39, 0.29) is 11.4 Å². The van der Waals surface area contributed by atoms with Gasteiger partial charge in [-0.3, -0.25) is 14.8 Å². The molecule has 0 unspecified atom stereocenters. The molecule has 4 aromatic rings. The van der Waals surface area contributed by atoms with Gasteiger partial charge in [0.2, 0.25) is 0 Å². The zero-order valence-electron chi connectivity index (χ0n) is 15.8. The van der Waals surface area contributed by atoms with E-state index < -0.39 is 12.5 Å². The molecule has 0 saturated heterocycles. The Morgan fingerprint density at radius 3 is 2.80 bits per heavy atom. The minimum absolute atomic E-state index is 0.0297. The number of benzene rings is 1. The zero-order chi connectivity index (χ0) is 21.4. The number of rotatable bonds is 6. The Labute approximate surface area is 178 Å². The van der Waals surface area contributed by atoms with Crippen molar-refractivity contribution < 1.29 is 18.3 Å². The Balaban J connectivity index is 1.47. The highest BCUT2D eigenvalue weighted by Crippen LogP contribution is 2.30. The second-order valence-corrected chi connectivity index (χ2v) is 7.76. The van der Waals surface area contributed by atoms with Crippen LogP contribution in [0, 0.1) is 13.8 Å². The molecule has 3 aromatic heterocycles. The van der Waals surface area contributed by atoms with Gasteiger partial charge in [-0.15, -0.1) is 0 Å². The van der Waals surface area contributed by atoms with Crippen molar-refractivity contribution >= 4 is 44.2 Å². The third-order valence-corrected chi connectivity index (χ3v) is 5.73. The van der Waals surface area contributed by atoms with Crippen molar-refractivity contribution in [3.63, 3.8) is 0 Å². The molecule has 0 atom stereocenters. The number of anilines is 1. The predicted octanol–water partition coefficient (Wildman–Crippen LogP) is 4.32. The summed E-state index contributed by atoms with van der Waals surface area (Å²) in [5.41, 5.74) is 2.28. The molecule has 8 nitrogen and oxygen atoms in total. The number of halogens is 3. The Morgan fingerprint density at radius 1 is 1.30 bits per heavy atom. The fraction of sp³-hybridized carbons (Fsp3) is 0.222. The molecule has 0 radical (unpaired) electrons. The molecule has 0 aliphatic heterocycles. The molecule has 0 aliphatic carbocycles. The van der Waals surface area contributed by atoms with Gasteiger partial charge in [-0.25, -0.2) is 9.67 Å². The fourth-order valence-electron chi connectivity index (χ4n) is 2.81. The van der Waals surface area contributed by atoms with Gasteiger partial charge in [0, 0.05) is 6.20 Å². The lowest BCUT2D eigenvalue weighted by molar-refractivity contribution is -0.0497. The van der Waals surface area contributed by atoms with Gasteiger partial charge in [-0.2, -0.15) is 19.0 Å². The van der Waals surface area contributed by atoms with Crippen LogP contribution >= 0.6 is 22.9 Å². The van der Waals surface area contributed by atoms with Crippen molar-refractivity contribution in [1.29, 1.82) is 0 Å². The van der Waals surface area contributed by atoms with E-state index in [0.717, 1.165) is 22.7 Å². The third kappa shape index (κ3) is 4.12. The highest BCUT2D eigenvalue weighted by Gasteiger charge is 2.15. The Kier molecular flexibility index (Phi) is 5.39. The minimum atomic E-state index is -2.91. The summed E-state index contributed by atoms with van der Waals surface area (Å²) >= 11 is 7.30. The smallest absolute Gasteiger partial charge is 0.387 e. The van der Waals surface area contributed by atoms with Crippen molar-refractivity contribution in [1.82, 2.24) is 24.5 Å². The number of ether oxygens (including phenoxy) is 1. The van der Waals surface area contributed by atoms with E-state index in [0.29, 0.717) is 27.0 Å². The number of hydrogen-bond donors (Lipinski definition) is 1. The van der Waals surface area contributed by atoms with Crippen LogP contribution in [0.2, 0.25) is 5.02 Å². The first-order valence-electron chi connectivity index (χ1n) is 8.70. The maximum atomic E-state index is 12.5. The van der Waals surface area contributed by atoms with E-state index in [4.69, 9.17) is 11.6 Å². The summed E-state index contributed by atoms with van der Waals surface area (Å²) < 4.78 is 33.0. The lowest BCUT2D eigenvalue weighted by Gasteiger charge is -2.04. The van der Waals surface area contributed by atoms with Gasteiger partial charge in [0.15, 0.2) is 10.8 Å². The summed E-state index contributed by atoms with van der Waals surface area (Å²) in [5, 5.41) is 12.2. The SMILES string of the molecule is Cc1nn(Cn2ccc(C(=O)Nc3nc4ccc(OC(F)F)cc4s3)n2)c(C)c1Cl. The average molecular weight is 453 g/mol. The van der Waals surface area contributed by atoms with Gasteiger partial charge >= 0.3 is 6.61 Å². The summed E-state index contributed by atoms with van der Waals surface area (Å²) in [7, 11) is 0. The standard InChI is InChI=1S/C18H15ClF2N6O2S/c1-9-15(19)10(2)27(24-9)8-26-6-5-13(25-26)16(28)23-18-22-12-4-3-11(29-17(20)21)7-14(12)30-18/h3-7,17H,8H2,1-2H3,(H,22,23,28). The first kappa shape index (κ1) is 20.2. The number of fused-ring (bicyclic) bond motifs is 1. The van der Waals surface area contributed by atoms with Crippen LogP contribution in [0.3, 0.4) is 0 Å². The molecular weight excluding hydrogens is 438 g/mol. The lowest BCUT2D eigenvalue weighted by atomic mass is 10.3. The molecule has 0 saturated carbocycles. The largest absolute Gasteiger partial charge is 0.435 e. The molecule has 0 aliphatic rings. The zero-order valence-corrected chi connectivity index (χ0v) is 17.3. The van der Waals surface area contributed by atoms with E-state index in [9.17, 15) is 13.6 Å². The van der Waals surface area contributed by atoms with Gasteiger partial charge in [-0.1, -0.05) is 22.9 Å². The van der Waals surface area contributed by atoms with Crippen LogP contribution in [0.1, 0.15) is 21.9 Å². The molecule has 4 rings (SSSR count). The molecule has 1 amide bonds. The molecule has 30 heavy (non-hydrogen) atoms. The molecule has 0 bridgehead atoms. The number of carbonyl (C=O) groups excluding carboxylic acids is 1. The van der Waals surface area contributed by atoms with E-state index in [2.05, 4.69) is 25.2 Å². The monoisotopic (exact) mass is 452 g/mol. The molecule has 12 heteroatoms. The van der Waals surface area contributed by atoms with Crippen molar-refractivity contribution in [3.8, 4) is 5.75 Å². The highest BCUT2D eigenvalue weighted by atomic mass is 35.5.